The van der Waals surface area contributed by atoms with Gasteiger partial charge in [0.05, 0.1) is 12.7 Å². The lowest BCUT2D eigenvalue weighted by Gasteiger charge is -2.23. The van der Waals surface area contributed by atoms with Crippen LogP contribution in [-0.2, 0) is 17.9 Å². The molecule has 0 aromatic heterocycles. The molecule has 0 bridgehead atoms. The van der Waals surface area contributed by atoms with Gasteiger partial charge in [0.15, 0.2) is 6.79 Å². The summed E-state index contributed by atoms with van der Waals surface area (Å²) >= 11 is 6.12. The monoisotopic (exact) mass is 269 g/mol. The lowest BCUT2D eigenvalue weighted by Crippen LogP contribution is -2.23. The first-order valence-corrected chi connectivity index (χ1v) is 6.52. The maximum atomic E-state index is 9.55. The Morgan fingerprint density at radius 2 is 2.33 bits per heavy atom. The Morgan fingerprint density at radius 1 is 1.44 bits per heavy atom. The van der Waals surface area contributed by atoms with Crippen molar-refractivity contribution in [2.24, 2.45) is 0 Å². The summed E-state index contributed by atoms with van der Waals surface area (Å²) in [6.07, 6.45) is 0.636. The highest BCUT2D eigenvalue weighted by Gasteiger charge is 2.23. The molecule has 0 aliphatic carbocycles. The van der Waals surface area contributed by atoms with Gasteiger partial charge >= 0.3 is 0 Å². The average molecular weight is 270 g/mol. The first-order chi connectivity index (χ1) is 8.72. The second kappa shape index (κ2) is 5.05. The maximum absolute atomic E-state index is 9.55. The van der Waals surface area contributed by atoms with E-state index in [1.165, 1.54) is 0 Å². The van der Waals surface area contributed by atoms with Crippen LogP contribution in [0.3, 0.4) is 0 Å². The first kappa shape index (κ1) is 12.2. The minimum Gasteiger partial charge on any atom is -0.467 e. The van der Waals surface area contributed by atoms with Gasteiger partial charge in [-0.05, 0) is 18.6 Å². The summed E-state index contributed by atoms with van der Waals surface area (Å²) in [5.41, 5.74) is 2.08. The number of aliphatic hydroxyl groups excluding tert-OH is 1. The van der Waals surface area contributed by atoms with Gasteiger partial charge in [-0.25, -0.2) is 0 Å². The van der Waals surface area contributed by atoms with Gasteiger partial charge < -0.3 is 14.6 Å². The molecule has 0 unspecified atom stereocenters. The van der Waals surface area contributed by atoms with Crippen LogP contribution < -0.4 is 4.74 Å². The second-order valence-corrected chi connectivity index (χ2v) is 5.28. The molecule has 1 aromatic rings. The highest BCUT2D eigenvalue weighted by atomic mass is 35.5. The Labute approximate surface area is 111 Å². The summed E-state index contributed by atoms with van der Waals surface area (Å²) in [4.78, 5) is 2.22. The molecule has 2 aliphatic rings. The van der Waals surface area contributed by atoms with E-state index in [0.29, 0.717) is 18.4 Å². The van der Waals surface area contributed by atoms with Crippen molar-refractivity contribution >= 4 is 11.6 Å². The van der Waals surface area contributed by atoms with Crippen molar-refractivity contribution in [1.82, 2.24) is 4.90 Å². The Bertz CT molecular complexity index is 452. The van der Waals surface area contributed by atoms with Gasteiger partial charge in [-0.2, -0.15) is 0 Å². The quantitative estimate of drug-likeness (QED) is 0.889. The van der Waals surface area contributed by atoms with E-state index in [-0.39, 0.29) is 6.10 Å². The SMILES string of the molecule is O[C@H]1CCN(Cc2cc(Cl)cc3c2OCOC3)C1. The molecule has 0 amide bonds. The van der Waals surface area contributed by atoms with Crippen LogP contribution in [0.25, 0.3) is 0 Å². The molecule has 1 aromatic carbocycles. The third-order valence-electron chi connectivity index (χ3n) is 3.39. The number of ether oxygens (including phenoxy) is 2. The number of hydrogen-bond acceptors (Lipinski definition) is 4. The second-order valence-electron chi connectivity index (χ2n) is 4.84. The lowest BCUT2D eigenvalue weighted by molar-refractivity contribution is -0.0174. The molecule has 1 saturated heterocycles. The van der Waals surface area contributed by atoms with Crippen molar-refractivity contribution < 1.29 is 14.6 Å². The summed E-state index contributed by atoms with van der Waals surface area (Å²) in [5, 5.41) is 10.3. The molecule has 18 heavy (non-hydrogen) atoms. The number of hydrogen-bond donors (Lipinski definition) is 1. The van der Waals surface area contributed by atoms with Gasteiger partial charge in [-0.1, -0.05) is 11.6 Å². The van der Waals surface area contributed by atoms with Crippen LogP contribution in [0.4, 0.5) is 0 Å². The molecule has 1 atom stereocenters. The molecule has 1 fully saturated rings. The van der Waals surface area contributed by atoms with Gasteiger partial charge in [-0.15, -0.1) is 0 Å². The molecule has 0 saturated carbocycles. The molecule has 3 rings (SSSR count). The smallest absolute Gasteiger partial charge is 0.189 e. The first-order valence-electron chi connectivity index (χ1n) is 6.14. The van der Waals surface area contributed by atoms with Gasteiger partial charge in [-0.3, -0.25) is 4.90 Å². The Kier molecular flexibility index (Phi) is 3.43. The third-order valence-corrected chi connectivity index (χ3v) is 3.61. The van der Waals surface area contributed by atoms with E-state index < -0.39 is 0 Å². The topological polar surface area (TPSA) is 41.9 Å². The van der Waals surface area contributed by atoms with Crippen molar-refractivity contribution in [3.05, 3.63) is 28.3 Å². The largest absolute Gasteiger partial charge is 0.467 e. The Morgan fingerprint density at radius 3 is 3.11 bits per heavy atom. The van der Waals surface area contributed by atoms with Crippen LogP contribution in [0.5, 0.6) is 5.75 Å². The highest BCUT2D eigenvalue weighted by Crippen LogP contribution is 2.32. The Hall–Kier alpha value is -0.810. The molecule has 1 N–H and O–H groups in total. The Balaban J connectivity index is 1.84. The van der Waals surface area contributed by atoms with Gasteiger partial charge in [0.25, 0.3) is 0 Å². The highest BCUT2D eigenvalue weighted by molar-refractivity contribution is 6.30. The minimum absolute atomic E-state index is 0.204. The summed E-state index contributed by atoms with van der Waals surface area (Å²) in [6, 6.07) is 3.83. The van der Waals surface area contributed by atoms with E-state index in [4.69, 9.17) is 21.1 Å². The predicted octanol–water partition coefficient (Wildman–Crippen LogP) is 1.77. The fourth-order valence-corrected chi connectivity index (χ4v) is 2.83. The number of aliphatic hydroxyl groups is 1. The summed E-state index contributed by atoms with van der Waals surface area (Å²) in [6.45, 7) is 3.24. The van der Waals surface area contributed by atoms with E-state index in [2.05, 4.69) is 4.90 Å². The number of halogens is 1. The van der Waals surface area contributed by atoms with E-state index >= 15 is 0 Å². The number of rotatable bonds is 2. The molecular formula is C13H16ClNO3. The standard InChI is InChI=1S/C13H16ClNO3/c14-11-3-9(5-15-2-1-12(16)6-15)13-10(4-11)7-17-8-18-13/h3-4,12,16H,1-2,5-8H2/t12-/m0/s1. The fraction of sp³-hybridized carbons (Fsp3) is 0.538. The zero-order valence-corrected chi connectivity index (χ0v) is 10.8. The number of likely N-dealkylation sites (tertiary alicyclic amines) is 1. The molecular weight excluding hydrogens is 254 g/mol. The molecule has 4 nitrogen and oxygen atoms in total. The lowest BCUT2D eigenvalue weighted by atomic mass is 10.1. The molecule has 0 radical (unpaired) electrons. The van der Waals surface area contributed by atoms with E-state index in [1.807, 2.05) is 12.1 Å². The molecule has 0 spiro atoms. The number of β-amino-alcohol motifs (C(OH)–C–C–N with tert-alkyl or cyclic N) is 1. The van der Waals surface area contributed by atoms with E-state index in [1.54, 1.807) is 0 Å². The summed E-state index contributed by atoms with van der Waals surface area (Å²) in [7, 11) is 0. The molecule has 2 aliphatic heterocycles. The predicted molar refractivity (Wildman–Crippen MR) is 67.6 cm³/mol. The van der Waals surface area contributed by atoms with Crippen LogP contribution >= 0.6 is 11.6 Å². The zero-order valence-electron chi connectivity index (χ0n) is 10.1. The molecule has 2 heterocycles. The normalized spacial score (nSPS) is 23.8. The van der Waals surface area contributed by atoms with Gasteiger partial charge in [0, 0.05) is 35.8 Å². The van der Waals surface area contributed by atoms with Gasteiger partial charge in [0.1, 0.15) is 5.75 Å². The van der Waals surface area contributed by atoms with Crippen LogP contribution in [0, 0.1) is 0 Å². The van der Waals surface area contributed by atoms with Crippen molar-refractivity contribution in [2.75, 3.05) is 19.9 Å². The fourth-order valence-electron chi connectivity index (χ4n) is 2.57. The third kappa shape index (κ3) is 2.47. The van der Waals surface area contributed by atoms with Crippen LogP contribution in [0.2, 0.25) is 5.02 Å². The average Bonchev–Trinajstić information content (AvgIpc) is 2.74. The van der Waals surface area contributed by atoms with Crippen LogP contribution in [0.1, 0.15) is 17.5 Å². The van der Waals surface area contributed by atoms with Crippen molar-refractivity contribution in [2.45, 2.75) is 25.7 Å². The summed E-state index contributed by atoms with van der Waals surface area (Å²) < 4.78 is 10.8. The number of benzene rings is 1. The summed E-state index contributed by atoms with van der Waals surface area (Å²) in [5.74, 6) is 0.895. The van der Waals surface area contributed by atoms with E-state index in [0.717, 1.165) is 42.9 Å². The van der Waals surface area contributed by atoms with Gasteiger partial charge in [0.2, 0.25) is 0 Å². The maximum Gasteiger partial charge on any atom is 0.189 e. The molecule has 5 heteroatoms. The number of fused-ring (bicyclic) bond motifs is 1. The van der Waals surface area contributed by atoms with Crippen molar-refractivity contribution in [3.8, 4) is 5.75 Å². The zero-order chi connectivity index (χ0) is 12.5. The minimum atomic E-state index is -0.204. The van der Waals surface area contributed by atoms with Crippen LogP contribution in [-0.4, -0.2) is 36.0 Å². The van der Waals surface area contributed by atoms with E-state index in [9.17, 15) is 5.11 Å². The van der Waals surface area contributed by atoms with Crippen LogP contribution in [0.15, 0.2) is 12.1 Å². The van der Waals surface area contributed by atoms with Crippen molar-refractivity contribution in [3.63, 3.8) is 0 Å². The van der Waals surface area contributed by atoms with Crippen molar-refractivity contribution in [1.29, 1.82) is 0 Å². The molecule has 98 valence electrons. The number of nitrogens with zero attached hydrogens (tertiary/aromatic N) is 1.